The predicted molar refractivity (Wildman–Crippen MR) is 25.3 cm³/mol. The van der Waals surface area contributed by atoms with Crippen LogP contribution in [-0.4, -0.2) is 5.78 Å². The smallest absolute Gasteiger partial charge is 0 e. The van der Waals surface area contributed by atoms with Crippen molar-refractivity contribution in [3.8, 4) is 0 Å². The zero-order valence-electron chi connectivity index (χ0n) is 4.99. The zero-order chi connectivity index (χ0) is 5.15. The third-order valence-electron chi connectivity index (χ3n) is 0.704. The standard InChI is InChI=1S/C5H9O.Y/c1-4(2)5(3)6;/h1-3H3;/q-1;. The van der Waals surface area contributed by atoms with Crippen LogP contribution in [-0.2, 0) is 37.5 Å². The molecule has 1 radical (unpaired) electrons. The molecular weight excluding hydrogens is 165 g/mol. The van der Waals surface area contributed by atoms with Gasteiger partial charge in [0.25, 0.3) is 0 Å². The molecule has 0 rings (SSSR count). The van der Waals surface area contributed by atoms with E-state index in [4.69, 9.17) is 0 Å². The second kappa shape index (κ2) is 4.79. The molecule has 0 saturated heterocycles. The van der Waals surface area contributed by atoms with Crippen molar-refractivity contribution < 1.29 is 37.5 Å². The molecule has 0 bridgehead atoms. The molecule has 0 unspecified atom stereocenters. The molecule has 2 heteroatoms. The van der Waals surface area contributed by atoms with E-state index in [1.54, 1.807) is 6.92 Å². The van der Waals surface area contributed by atoms with Crippen molar-refractivity contribution in [2.45, 2.75) is 20.8 Å². The average Bonchev–Trinajstić information content (AvgIpc) is 1.36. The van der Waals surface area contributed by atoms with Gasteiger partial charge in [0.15, 0.2) is 0 Å². The number of carbonyl (C=O) groups excluding carboxylic acids is 1. The Morgan fingerprint density at radius 1 is 1.43 bits per heavy atom. The summed E-state index contributed by atoms with van der Waals surface area (Å²) < 4.78 is 0. The molecule has 0 amide bonds. The van der Waals surface area contributed by atoms with Gasteiger partial charge in [0, 0.05) is 32.7 Å². The van der Waals surface area contributed by atoms with E-state index in [2.05, 4.69) is 0 Å². The van der Waals surface area contributed by atoms with Crippen LogP contribution >= 0.6 is 0 Å². The molecule has 39 valence electrons. The Labute approximate surface area is 69.7 Å². The molecule has 0 spiro atoms. The molecule has 0 atom stereocenters. The molecule has 0 aromatic rings. The molecule has 0 aliphatic carbocycles. The second-order valence-corrected chi connectivity index (χ2v) is 1.56. The van der Waals surface area contributed by atoms with Crippen LogP contribution in [0.4, 0.5) is 0 Å². The summed E-state index contributed by atoms with van der Waals surface area (Å²) in [7, 11) is 0. The third kappa shape index (κ3) is 6.64. The van der Waals surface area contributed by atoms with Gasteiger partial charge in [-0.05, 0) is 12.7 Å². The van der Waals surface area contributed by atoms with Gasteiger partial charge in [-0.15, -0.1) is 0 Å². The van der Waals surface area contributed by atoms with Crippen molar-refractivity contribution in [2.75, 3.05) is 0 Å². The van der Waals surface area contributed by atoms with Crippen LogP contribution < -0.4 is 0 Å². The maximum atomic E-state index is 10.1. The summed E-state index contributed by atoms with van der Waals surface area (Å²) in [6.45, 7) is 5.18. The average molecular weight is 174 g/mol. The van der Waals surface area contributed by atoms with Gasteiger partial charge < -0.3 is 10.7 Å². The van der Waals surface area contributed by atoms with Crippen LogP contribution in [0.3, 0.4) is 0 Å². The summed E-state index contributed by atoms with van der Waals surface area (Å²) in [5, 5.41) is 0. The van der Waals surface area contributed by atoms with Gasteiger partial charge in [0.2, 0.25) is 0 Å². The van der Waals surface area contributed by atoms with E-state index >= 15 is 0 Å². The maximum Gasteiger partial charge on any atom is 0 e. The molecule has 0 aromatic carbocycles. The molecule has 7 heavy (non-hydrogen) atoms. The Morgan fingerprint density at radius 3 is 1.57 bits per heavy atom. The van der Waals surface area contributed by atoms with Crippen LogP contribution in [0.15, 0.2) is 0 Å². The van der Waals surface area contributed by atoms with E-state index in [9.17, 15) is 4.79 Å². The van der Waals surface area contributed by atoms with Gasteiger partial charge in [-0.1, -0.05) is 0 Å². The van der Waals surface area contributed by atoms with Crippen LogP contribution in [0.25, 0.3) is 0 Å². The minimum Gasteiger partial charge on any atom is -0.334 e. The Morgan fingerprint density at radius 2 is 1.57 bits per heavy atom. The van der Waals surface area contributed by atoms with E-state index in [1.165, 1.54) is 0 Å². The van der Waals surface area contributed by atoms with Crippen molar-refractivity contribution in [1.82, 2.24) is 0 Å². The summed E-state index contributed by atoms with van der Waals surface area (Å²) in [5.74, 6) is 1.05. The van der Waals surface area contributed by atoms with Gasteiger partial charge in [0.05, 0.1) is 0 Å². The van der Waals surface area contributed by atoms with E-state index < -0.39 is 0 Å². The molecule has 0 aliphatic rings. The van der Waals surface area contributed by atoms with Crippen molar-refractivity contribution in [3.63, 3.8) is 0 Å². The van der Waals surface area contributed by atoms with Gasteiger partial charge in [0.1, 0.15) is 0 Å². The first-order valence-electron chi connectivity index (χ1n) is 1.95. The summed E-state index contributed by atoms with van der Waals surface area (Å²) in [5.41, 5.74) is 0. The SMILES string of the molecule is CC(=O)[C-](C)C.[Y]. The maximum absolute atomic E-state index is 10.1. The largest absolute Gasteiger partial charge is 0.334 e. The molecule has 0 aliphatic heterocycles. The van der Waals surface area contributed by atoms with Crippen molar-refractivity contribution in [2.24, 2.45) is 0 Å². The first kappa shape index (κ1) is 10.6. The normalized spacial score (nSPS) is 6.71. The van der Waals surface area contributed by atoms with E-state index in [0.29, 0.717) is 0 Å². The molecule has 0 saturated carbocycles. The van der Waals surface area contributed by atoms with Crippen molar-refractivity contribution in [3.05, 3.63) is 5.92 Å². The van der Waals surface area contributed by atoms with E-state index in [0.717, 1.165) is 5.92 Å². The van der Waals surface area contributed by atoms with Crippen LogP contribution in [0, 0.1) is 5.92 Å². The molecular formula is C5H9OY-. The second-order valence-electron chi connectivity index (χ2n) is 1.56. The summed E-state index contributed by atoms with van der Waals surface area (Å²) in [4.78, 5) is 10.1. The van der Waals surface area contributed by atoms with Crippen LogP contribution in [0.1, 0.15) is 20.8 Å². The third-order valence-corrected chi connectivity index (χ3v) is 0.704. The van der Waals surface area contributed by atoms with Gasteiger partial charge in [-0.25, -0.2) is 0 Å². The fourth-order valence-electron chi connectivity index (χ4n) is 0. The first-order valence-corrected chi connectivity index (χ1v) is 1.95. The number of Topliss-reactive ketones (excluding diaryl/α,β-unsaturated/α-hetero) is 1. The number of rotatable bonds is 1. The number of hydrogen-bond donors (Lipinski definition) is 0. The molecule has 0 heterocycles. The van der Waals surface area contributed by atoms with Crippen LogP contribution in [0.5, 0.6) is 0 Å². The number of ketones is 1. The Bertz CT molecular complexity index is 59.1. The van der Waals surface area contributed by atoms with Gasteiger partial charge in [-0.2, -0.15) is 13.8 Å². The van der Waals surface area contributed by atoms with E-state index in [-0.39, 0.29) is 38.5 Å². The Balaban J connectivity index is 0. The van der Waals surface area contributed by atoms with Crippen molar-refractivity contribution >= 4 is 5.78 Å². The predicted octanol–water partition coefficient (Wildman–Crippen LogP) is 1.19. The Kier molecular flexibility index (Phi) is 7.26. The van der Waals surface area contributed by atoms with Crippen molar-refractivity contribution in [1.29, 1.82) is 0 Å². The summed E-state index contributed by atoms with van der Waals surface area (Å²) >= 11 is 0. The minimum atomic E-state index is 0. The first-order chi connectivity index (χ1) is 2.64. The number of hydrogen-bond acceptors (Lipinski definition) is 1. The minimum absolute atomic E-state index is 0. The fourth-order valence-corrected chi connectivity index (χ4v) is 0. The van der Waals surface area contributed by atoms with Gasteiger partial charge >= 0.3 is 0 Å². The Hall–Kier alpha value is 0.644. The summed E-state index contributed by atoms with van der Waals surface area (Å²) in [6.07, 6.45) is 0. The quantitative estimate of drug-likeness (QED) is 0.545. The molecule has 0 aromatic heterocycles. The molecule has 1 nitrogen and oxygen atoms in total. The monoisotopic (exact) mass is 174 g/mol. The summed E-state index contributed by atoms with van der Waals surface area (Å²) in [6, 6.07) is 0. The molecule has 0 fully saturated rings. The fraction of sp³-hybridized carbons (Fsp3) is 0.600. The topological polar surface area (TPSA) is 17.1 Å². The number of carbonyl (C=O) groups is 1. The van der Waals surface area contributed by atoms with Crippen LogP contribution in [0.2, 0.25) is 0 Å². The van der Waals surface area contributed by atoms with Gasteiger partial charge in [-0.3, -0.25) is 0 Å². The van der Waals surface area contributed by atoms with E-state index in [1.807, 2.05) is 13.8 Å². The molecule has 0 N–H and O–H groups in total. The zero-order valence-corrected chi connectivity index (χ0v) is 7.82.